The molecule has 2 rings (SSSR count). The average molecular weight is 307 g/mol. The van der Waals surface area contributed by atoms with E-state index in [0.29, 0.717) is 5.02 Å². The quantitative estimate of drug-likeness (QED) is 0.923. The van der Waals surface area contributed by atoms with Crippen LogP contribution in [0.25, 0.3) is 10.9 Å². The standard InChI is InChI=1S/C16H19ClN2O2/c1-10(2)15(11(3)20)18-14(21)9-19-8-7-12-5-4-6-13(17)16(12)19/h4-8,10,15H,9H2,1-3H3,(H,18,21). The predicted molar refractivity (Wildman–Crippen MR) is 84.4 cm³/mol. The van der Waals surface area contributed by atoms with E-state index in [4.69, 9.17) is 11.6 Å². The SMILES string of the molecule is CC(=O)C(NC(=O)Cn1ccc2cccc(Cl)c21)C(C)C. The number of para-hydroxylation sites is 1. The van der Waals surface area contributed by atoms with Crippen molar-refractivity contribution < 1.29 is 9.59 Å². The Morgan fingerprint density at radius 1 is 1.29 bits per heavy atom. The van der Waals surface area contributed by atoms with Gasteiger partial charge in [0, 0.05) is 11.6 Å². The van der Waals surface area contributed by atoms with Gasteiger partial charge < -0.3 is 9.88 Å². The minimum Gasteiger partial charge on any atom is -0.344 e. The van der Waals surface area contributed by atoms with Gasteiger partial charge in [0.1, 0.15) is 6.54 Å². The van der Waals surface area contributed by atoms with Crippen molar-refractivity contribution in [2.45, 2.75) is 33.4 Å². The van der Waals surface area contributed by atoms with Crippen LogP contribution in [0.2, 0.25) is 5.02 Å². The molecule has 1 aromatic heterocycles. The minimum absolute atomic E-state index is 0.0336. The van der Waals surface area contributed by atoms with Crippen LogP contribution in [0, 0.1) is 5.92 Å². The van der Waals surface area contributed by atoms with Crippen LogP contribution in [0.15, 0.2) is 30.5 Å². The monoisotopic (exact) mass is 306 g/mol. The summed E-state index contributed by atoms with van der Waals surface area (Å²) in [7, 11) is 0. The highest BCUT2D eigenvalue weighted by Gasteiger charge is 2.20. The fourth-order valence-corrected chi connectivity index (χ4v) is 2.75. The highest BCUT2D eigenvalue weighted by Crippen LogP contribution is 2.24. The van der Waals surface area contributed by atoms with Crippen LogP contribution >= 0.6 is 11.6 Å². The molecule has 1 atom stereocenters. The molecule has 112 valence electrons. The third kappa shape index (κ3) is 3.45. The third-order valence-corrected chi connectivity index (χ3v) is 3.78. The van der Waals surface area contributed by atoms with Gasteiger partial charge in [-0.15, -0.1) is 0 Å². The number of carbonyl (C=O) groups is 2. The summed E-state index contributed by atoms with van der Waals surface area (Å²) in [5.41, 5.74) is 0.832. The average Bonchev–Trinajstić information content (AvgIpc) is 2.80. The maximum atomic E-state index is 12.2. The van der Waals surface area contributed by atoms with Crippen LogP contribution in [0.5, 0.6) is 0 Å². The van der Waals surface area contributed by atoms with Crippen molar-refractivity contribution >= 4 is 34.2 Å². The number of nitrogens with zero attached hydrogens (tertiary/aromatic N) is 1. The topological polar surface area (TPSA) is 51.1 Å². The molecule has 0 aliphatic carbocycles. The number of hydrogen-bond acceptors (Lipinski definition) is 2. The molecule has 1 N–H and O–H groups in total. The summed E-state index contributed by atoms with van der Waals surface area (Å²) in [4.78, 5) is 23.7. The Kier molecular flexibility index (Phi) is 4.68. The van der Waals surface area contributed by atoms with Crippen molar-refractivity contribution in [1.82, 2.24) is 9.88 Å². The Bertz CT molecular complexity index is 676. The van der Waals surface area contributed by atoms with Gasteiger partial charge in [0.2, 0.25) is 5.91 Å². The van der Waals surface area contributed by atoms with Crippen molar-refractivity contribution in [3.05, 3.63) is 35.5 Å². The highest BCUT2D eigenvalue weighted by atomic mass is 35.5. The number of benzene rings is 1. The molecule has 0 radical (unpaired) electrons. The van der Waals surface area contributed by atoms with Gasteiger partial charge in [-0.05, 0) is 25.0 Å². The number of amides is 1. The van der Waals surface area contributed by atoms with E-state index in [1.165, 1.54) is 6.92 Å². The van der Waals surface area contributed by atoms with Crippen LogP contribution in [0.1, 0.15) is 20.8 Å². The normalized spacial score (nSPS) is 12.6. The van der Waals surface area contributed by atoms with Crippen molar-refractivity contribution in [2.75, 3.05) is 0 Å². The molecular formula is C16H19ClN2O2. The third-order valence-electron chi connectivity index (χ3n) is 3.47. The number of fused-ring (bicyclic) bond motifs is 1. The van der Waals surface area contributed by atoms with Crippen LogP contribution in [-0.2, 0) is 16.1 Å². The van der Waals surface area contributed by atoms with Gasteiger partial charge in [-0.2, -0.15) is 0 Å². The van der Waals surface area contributed by atoms with Gasteiger partial charge in [-0.1, -0.05) is 37.6 Å². The molecule has 1 amide bonds. The lowest BCUT2D eigenvalue weighted by Gasteiger charge is -2.19. The maximum Gasteiger partial charge on any atom is 0.240 e. The van der Waals surface area contributed by atoms with E-state index in [1.54, 1.807) is 10.6 Å². The summed E-state index contributed by atoms with van der Waals surface area (Å²) in [6.45, 7) is 5.46. The molecule has 1 heterocycles. The Labute approximate surface area is 129 Å². The number of nitrogens with one attached hydrogen (secondary N) is 1. The number of halogens is 1. The van der Waals surface area contributed by atoms with Gasteiger partial charge in [-0.25, -0.2) is 0 Å². The second-order valence-corrected chi connectivity index (χ2v) is 5.93. The van der Waals surface area contributed by atoms with E-state index in [-0.39, 0.29) is 24.2 Å². The van der Waals surface area contributed by atoms with Crippen LogP contribution in [0.4, 0.5) is 0 Å². The lowest BCUT2D eigenvalue weighted by Crippen LogP contribution is -2.44. The first-order valence-electron chi connectivity index (χ1n) is 6.93. The Morgan fingerprint density at radius 3 is 2.62 bits per heavy atom. The smallest absolute Gasteiger partial charge is 0.240 e. The van der Waals surface area contributed by atoms with E-state index in [0.717, 1.165) is 10.9 Å². The first kappa shape index (κ1) is 15.6. The number of hydrogen-bond donors (Lipinski definition) is 1. The van der Waals surface area contributed by atoms with E-state index >= 15 is 0 Å². The van der Waals surface area contributed by atoms with Crippen LogP contribution in [-0.4, -0.2) is 22.3 Å². The Balaban J connectivity index is 2.17. The molecule has 0 fully saturated rings. The molecule has 0 aliphatic rings. The molecule has 21 heavy (non-hydrogen) atoms. The molecule has 0 saturated carbocycles. The summed E-state index contributed by atoms with van der Waals surface area (Å²) < 4.78 is 1.80. The number of carbonyl (C=O) groups excluding carboxylic acids is 2. The summed E-state index contributed by atoms with van der Waals surface area (Å²) >= 11 is 6.19. The van der Waals surface area contributed by atoms with E-state index in [1.807, 2.05) is 38.2 Å². The molecule has 1 unspecified atom stereocenters. The summed E-state index contributed by atoms with van der Waals surface area (Å²) in [6, 6.07) is 7.08. The Morgan fingerprint density at radius 2 is 2.00 bits per heavy atom. The first-order chi connectivity index (χ1) is 9.90. The summed E-state index contributed by atoms with van der Waals surface area (Å²) in [5.74, 6) is -0.161. The Hall–Kier alpha value is -1.81. The van der Waals surface area contributed by atoms with Gasteiger partial charge >= 0.3 is 0 Å². The first-order valence-corrected chi connectivity index (χ1v) is 7.31. The molecule has 5 heteroatoms. The van der Waals surface area contributed by atoms with Crippen molar-refractivity contribution in [3.63, 3.8) is 0 Å². The zero-order valence-corrected chi connectivity index (χ0v) is 13.1. The van der Waals surface area contributed by atoms with Gasteiger partial charge in [0.15, 0.2) is 5.78 Å². The van der Waals surface area contributed by atoms with Crippen LogP contribution in [0.3, 0.4) is 0 Å². The van der Waals surface area contributed by atoms with Gasteiger partial charge in [0.05, 0.1) is 16.6 Å². The zero-order chi connectivity index (χ0) is 15.6. The van der Waals surface area contributed by atoms with Gasteiger partial charge in [-0.3, -0.25) is 9.59 Å². The number of Topliss-reactive ketones (excluding diaryl/α,β-unsaturated/α-hetero) is 1. The largest absolute Gasteiger partial charge is 0.344 e. The molecule has 1 aromatic carbocycles. The molecule has 4 nitrogen and oxygen atoms in total. The fraction of sp³-hybridized carbons (Fsp3) is 0.375. The number of ketones is 1. The van der Waals surface area contributed by atoms with Crippen molar-refractivity contribution in [1.29, 1.82) is 0 Å². The van der Waals surface area contributed by atoms with E-state index in [9.17, 15) is 9.59 Å². The second kappa shape index (κ2) is 6.31. The zero-order valence-electron chi connectivity index (χ0n) is 12.4. The summed E-state index contributed by atoms with van der Waals surface area (Å²) in [5, 5.41) is 4.38. The van der Waals surface area contributed by atoms with Crippen molar-refractivity contribution in [3.8, 4) is 0 Å². The van der Waals surface area contributed by atoms with E-state index < -0.39 is 6.04 Å². The molecule has 0 saturated heterocycles. The number of aromatic nitrogens is 1. The predicted octanol–water partition coefficient (Wildman–Crippen LogP) is 3.02. The lowest BCUT2D eigenvalue weighted by atomic mass is 10.0. The number of rotatable bonds is 5. The van der Waals surface area contributed by atoms with Gasteiger partial charge in [0.25, 0.3) is 0 Å². The van der Waals surface area contributed by atoms with E-state index in [2.05, 4.69) is 5.32 Å². The van der Waals surface area contributed by atoms with Crippen LogP contribution < -0.4 is 5.32 Å². The maximum absolute atomic E-state index is 12.2. The molecular weight excluding hydrogens is 288 g/mol. The lowest BCUT2D eigenvalue weighted by molar-refractivity contribution is -0.128. The molecule has 2 aromatic rings. The molecule has 0 spiro atoms. The molecule has 0 aliphatic heterocycles. The fourth-order valence-electron chi connectivity index (χ4n) is 2.46. The minimum atomic E-state index is -0.449. The second-order valence-electron chi connectivity index (χ2n) is 5.52. The molecule has 0 bridgehead atoms. The highest BCUT2D eigenvalue weighted by molar-refractivity contribution is 6.35. The van der Waals surface area contributed by atoms with Crippen molar-refractivity contribution in [2.24, 2.45) is 5.92 Å². The summed E-state index contributed by atoms with van der Waals surface area (Å²) in [6.07, 6.45) is 1.83.